The Morgan fingerprint density at radius 2 is 0.800 bits per heavy atom. The third-order valence-electron chi connectivity index (χ3n) is 12.6. The summed E-state index contributed by atoms with van der Waals surface area (Å²) in [5.41, 5.74) is 0. The molecule has 0 saturated heterocycles. The second kappa shape index (κ2) is 48.6. The van der Waals surface area contributed by atoms with Crippen LogP contribution < -0.4 is 5.32 Å². The van der Waals surface area contributed by atoms with E-state index >= 15 is 0 Å². The Bertz CT molecular complexity index is 909. The van der Waals surface area contributed by atoms with Gasteiger partial charge in [-0.05, 0) is 51.4 Å². The number of hydrogen-bond donors (Lipinski definition) is 3. The van der Waals surface area contributed by atoms with Gasteiger partial charge >= 0.3 is 5.97 Å². The molecule has 0 bridgehead atoms. The van der Waals surface area contributed by atoms with E-state index in [0.717, 1.165) is 57.8 Å². The van der Waals surface area contributed by atoms with Crippen LogP contribution in [0.15, 0.2) is 12.2 Å². The molecule has 0 saturated carbocycles. The fraction of sp³-hybridized carbons (Fsp3) is 0.926. The summed E-state index contributed by atoms with van der Waals surface area (Å²) in [6, 6.07) is -0.697. The molecule has 3 unspecified atom stereocenters. The number of esters is 1. The predicted octanol–water partition coefficient (Wildman–Crippen LogP) is 16.1. The van der Waals surface area contributed by atoms with Crippen molar-refractivity contribution in [2.75, 3.05) is 6.61 Å². The molecule has 3 atom stereocenters. The fourth-order valence-corrected chi connectivity index (χ4v) is 8.49. The van der Waals surface area contributed by atoms with Gasteiger partial charge in [0.25, 0.3) is 0 Å². The van der Waals surface area contributed by atoms with Crippen LogP contribution in [0.2, 0.25) is 0 Å². The second-order valence-electron chi connectivity index (χ2n) is 18.6. The molecule has 0 radical (unpaired) electrons. The molecule has 3 N–H and O–H groups in total. The molecule has 1 amide bonds. The maximum atomic E-state index is 13.2. The van der Waals surface area contributed by atoms with Crippen molar-refractivity contribution in [3.63, 3.8) is 0 Å². The Balaban J connectivity index is 4.54. The molecule has 0 aromatic rings. The highest BCUT2D eigenvalue weighted by Crippen LogP contribution is 2.18. The number of rotatable bonds is 49. The molecule has 356 valence electrons. The molecule has 0 aromatic carbocycles. The number of aliphatic hydroxyl groups excluding tert-OH is 2. The standard InChI is InChI=1S/C54H105NO5/c1-4-7-10-13-16-19-22-25-27-28-30-33-36-39-42-45-50(60-54(59)47-44-41-38-35-32-24-21-18-15-12-9-6-3)48-53(58)55-51(49-56)52(57)46-43-40-37-34-31-29-26-23-20-17-14-11-8-5-2/h25,27,50-52,56-57H,4-24,26,28-49H2,1-3H3,(H,55,58)/b27-25+. The molecule has 0 rings (SSSR count). The van der Waals surface area contributed by atoms with Crippen LogP contribution in [0.25, 0.3) is 0 Å². The lowest BCUT2D eigenvalue weighted by molar-refractivity contribution is -0.151. The van der Waals surface area contributed by atoms with Crippen LogP contribution in [-0.4, -0.2) is 46.9 Å². The van der Waals surface area contributed by atoms with E-state index in [1.54, 1.807) is 0 Å². The Hall–Kier alpha value is -1.40. The lowest BCUT2D eigenvalue weighted by Crippen LogP contribution is -2.46. The van der Waals surface area contributed by atoms with Gasteiger partial charge in [0, 0.05) is 6.42 Å². The topological polar surface area (TPSA) is 95.9 Å². The number of hydrogen-bond acceptors (Lipinski definition) is 5. The van der Waals surface area contributed by atoms with E-state index in [4.69, 9.17) is 4.74 Å². The van der Waals surface area contributed by atoms with Gasteiger partial charge in [0.1, 0.15) is 6.10 Å². The minimum atomic E-state index is -0.784. The third kappa shape index (κ3) is 43.3. The minimum Gasteiger partial charge on any atom is -0.462 e. The van der Waals surface area contributed by atoms with Crippen LogP contribution in [0, 0.1) is 0 Å². The number of amides is 1. The highest BCUT2D eigenvalue weighted by molar-refractivity contribution is 5.77. The minimum absolute atomic E-state index is 0.0790. The lowest BCUT2D eigenvalue weighted by atomic mass is 10.0. The number of carbonyl (C=O) groups is 2. The summed E-state index contributed by atoms with van der Waals surface area (Å²) in [6.45, 7) is 6.50. The number of allylic oxidation sites excluding steroid dienone is 2. The van der Waals surface area contributed by atoms with Crippen molar-refractivity contribution in [2.45, 2.75) is 315 Å². The van der Waals surface area contributed by atoms with Crippen molar-refractivity contribution >= 4 is 11.9 Å². The molecule has 6 heteroatoms. The first-order valence-electron chi connectivity index (χ1n) is 26.9. The maximum Gasteiger partial charge on any atom is 0.306 e. The van der Waals surface area contributed by atoms with Crippen LogP contribution in [0.1, 0.15) is 297 Å². The van der Waals surface area contributed by atoms with Crippen LogP contribution in [0.5, 0.6) is 0 Å². The van der Waals surface area contributed by atoms with Crippen molar-refractivity contribution in [2.24, 2.45) is 0 Å². The number of carbonyl (C=O) groups excluding carboxylic acids is 2. The SMILES string of the molecule is CCCCCCCC/C=C/CCCCCCCC(CC(=O)NC(CO)C(O)CCCCCCCCCCCCCCCC)OC(=O)CCCCCCCCCCCCCC. The van der Waals surface area contributed by atoms with Gasteiger partial charge in [0.2, 0.25) is 5.91 Å². The van der Waals surface area contributed by atoms with E-state index in [1.807, 2.05) is 0 Å². The first kappa shape index (κ1) is 58.6. The van der Waals surface area contributed by atoms with Gasteiger partial charge in [-0.1, -0.05) is 245 Å². The van der Waals surface area contributed by atoms with Gasteiger partial charge in [0.05, 0.1) is 25.2 Å². The largest absolute Gasteiger partial charge is 0.462 e. The van der Waals surface area contributed by atoms with E-state index in [0.29, 0.717) is 19.3 Å². The first-order chi connectivity index (χ1) is 29.5. The number of aliphatic hydroxyl groups is 2. The van der Waals surface area contributed by atoms with Crippen molar-refractivity contribution in [1.82, 2.24) is 5.32 Å². The Kier molecular flexibility index (Phi) is 47.5. The number of nitrogens with one attached hydrogen (secondary N) is 1. The molecular formula is C54H105NO5. The first-order valence-corrected chi connectivity index (χ1v) is 26.9. The van der Waals surface area contributed by atoms with Gasteiger partial charge < -0.3 is 20.3 Å². The van der Waals surface area contributed by atoms with Gasteiger partial charge in [-0.2, -0.15) is 0 Å². The lowest BCUT2D eigenvalue weighted by Gasteiger charge is -2.24. The van der Waals surface area contributed by atoms with Crippen LogP contribution in [0.4, 0.5) is 0 Å². The van der Waals surface area contributed by atoms with Crippen molar-refractivity contribution < 1.29 is 24.5 Å². The molecule has 0 fully saturated rings. The highest BCUT2D eigenvalue weighted by atomic mass is 16.5. The molecular weight excluding hydrogens is 743 g/mol. The van der Waals surface area contributed by atoms with Crippen molar-refractivity contribution in [1.29, 1.82) is 0 Å². The molecule has 0 aliphatic rings. The summed E-state index contributed by atoms with van der Waals surface area (Å²) in [5.74, 6) is -0.464. The Morgan fingerprint density at radius 3 is 1.18 bits per heavy atom. The summed E-state index contributed by atoms with van der Waals surface area (Å²) in [7, 11) is 0. The van der Waals surface area contributed by atoms with E-state index in [9.17, 15) is 19.8 Å². The van der Waals surface area contributed by atoms with E-state index in [2.05, 4.69) is 38.2 Å². The highest BCUT2D eigenvalue weighted by Gasteiger charge is 2.24. The Morgan fingerprint density at radius 1 is 0.467 bits per heavy atom. The smallest absolute Gasteiger partial charge is 0.306 e. The zero-order chi connectivity index (χ0) is 43.8. The van der Waals surface area contributed by atoms with E-state index < -0.39 is 18.2 Å². The summed E-state index contributed by atoms with van der Waals surface area (Å²) in [6.07, 6.45) is 54.1. The van der Waals surface area contributed by atoms with E-state index in [1.165, 1.54) is 193 Å². The molecule has 0 aromatic heterocycles. The predicted molar refractivity (Wildman–Crippen MR) is 260 cm³/mol. The zero-order valence-corrected chi connectivity index (χ0v) is 40.6. The monoisotopic (exact) mass is 848 g/mol. The molecule has 0 aliphatic carbocycles. The van der Waals surface area contributed by atoms with Gasteiger partial charge in [0.15, 0.2) is 0 Å². The summed E-state index contributed by atoms with van der Waals surface area (Å²) < 4.78 is 5.94. The van der Waals surface area contributed by atoms with Crippen LogP contribution >= 0.6 is 0 Å². The number of unbranched alkanes of at least 4 members (excludes halogenated alkanes) is 35. The molecule has 0 aliphatic heterocycles. The second-order valence-corrected chi connectivity index (χ2v) is 18.6. The number of ether oxygens (including phenoxy) is 1. The fourth-order valence-electron chi connectivity index (χ4n) is 8.49. The molecule has 60 heavy (non-hydrogen) atoms. The normalized spacial score (nSPS) is 13.2. The quantitative estimate of drug-likeness (QED) is 0.0322. The summed E-state index contributed by atoms with van der Waals surface area (Å²) >= 11 is 0. The average molecular weight is 848 g/mol. The zero-order valence-electron chi connectivity index (χ0n) is 40.6. The molecule has 0 heterocycles. The molecule has 6 nitrogen and oxygen atoms in total. The van der Waals surface area contributed by atoms with Crippen LogP contribution in [0.3, 0.4) is 0 Å². The summed E-state index contributed by atoms with van der Waals surface area (Å²) in [5, 5.41) is 23.8. The Labute approximate surface area is 374 Å². The van der Waals surface area contributed by atoms with Gasteiger partial charge in [-0.25, -0.2) is 0 Å². The van der Waals surface area contributed by atoms with E-state index in [-0.39, 0.29) is 24.9 Å². The third-order valence-corrected chi connectivity index (χ3v) is 12.6. The van der Waals surface area contributed by atoms with Crippen LogP contribution in [-0.2, 0) is 14.3 Å². The van der Waals surface area contributed by atoms with Crippen molar-refractivity contribution in [3.05, 3.63) is 12.2 Å². The average Bonchev–Trinajstić information content (AvgIpc) is 3.24. The van der Waals surface area contributed by atoms with Gasteiger partial charge in [-0.15, -0.1) is 0 Å². The maximum absolute atomic E-state index is 13.2. The van der Waals surface area contributed by atoms with Gasteiger partial charge in [-0.3, -0.25) is 9.59 Å². The van der Waals surface area contributed by atoms with Crippen molar-refractivity contribution in [3.8, 4) is 0 Å². The molecule has 0 spiro atoms. The summed E-state index contributed by atoms with van der Waals surface area (Å²) in [4.78, 5) is 26.1.